The monoisotopic (exact) mass is 577 g/mol. The molecular formula is C32H39N3O5S. The molecule has 0 aliphatic carbocycles. The van der Waals surface area contributed by atoms with E-state index >= 15 is 0 Å². The van der Waals surface area contributed by atoms with E-state index in [0.717, 1.165) is 29.5 Å². The van der Waals surface area contributed by atoms with E-state index in [1.165, 1.54) is 4.31 Å². The average Bonchev–Trinajstić information content (AvgIpc) is 3.56. The summed E-state index contributed by atoms with van der Waals surface area (Å²) in [5, 5.41) is 2.97. The first kappa shape index (κ1) is 30.3. The fourth-order valence-electron chi connectivity index (χ4n) is 4.93. The van der Waals surface area contributed by atoms with E-state index in [2.05, 4.69) is 5.32 Å². The van der Waals surface area contributed by atoms with Crippen LogP contribution >= 0.6 is 0 Å². The predicted octanol–water partition coefficient (Wildman–Crippen LogP) is 4.19. The van der Waals surface area contributed by atoms with Gasteiger partial charge in [-0.3, -0.25) is 9.59 Å². The van der Waals surface area contributed by atoms with Gasteiger partial charge in [-0.25, -0.2) is 8.42 Å². The standard InChI is InChI=1S/C32H39N3O5S/c1-25(32(37)33-21-20-26-8-4-3-5-9-26)35(24-28-10-15-29(40-2)16-11-28)31(36)19-14-27-12-17-30(18-13-27)41(38,39)34-22-6-7-23-34/h3-5,8-13,15-18,25H,6-7,14,19-24H2,1-2H3,(H,33,37)/t25-/m0/s1. The van der Waals surface area contributed by atoms with Crippen LogP contribution in [0.1, 0.15) is 42.9 Å². The zero-order chi connectivity index (χ0) is 29.2. The summed E-state index contributed by atoms with van der Waals surface area (Å²) in [6.07, 6.45) is 3.10. The summed E-state index contributed by atoms with van der Waals surface area (Å²) >= 11 is 0. The number of hydrogen-bond donors (Lipinski definition) is 1. The highest BCUT2D eigenvalue weighted by Gasteiger charge is 2.28. The van der Waals surface area contributed by atoms with Gasteiger partial charge in [0.15, 0.2) is 0 Å². The molecule has 8 nitrogen and oxygen atoms in total. The molecule has 9 heteroatoms. The van der Waals surface area contributed by atoms with Crippen LogP contribution in [-0.2, 0) is 39.0 Å². The van der Waals surface area contributed by atoms with Gasteiger partial charge in [-0.05, 0) is 73.6 Å². The second kappa shape index (κ2) is 14.3. The van der Waals surface area contributed by atoms with Gasteiger partial charge in [0, 0.05) is 32.6 Å². The Balaban J connectivity index is 1.40. The van der Waals surface area contributed by atoms with Crippen molar-refractivity contribution in [2.75, 3.05) is 26.7 Å². The molecule has 1 aliphatic rings. The number of ether oxygens (including phenoxy) is 1. The van der Waals surface area contributed by atoms with Gasteiger partial charge in [-0.15, -0.1) is 0 Å². The molecule has 0 aromatic heterocycles. The van der Waals surface area contributed by atoms with Crippen molar-refractivity contribution < 1.29 is 22.7 Å². The van der Waals surface area contributed by atoms with Gasteiger partial charge >= 0.3 is 0 Å². The van der Waals surface area contributed by atoms with Crippen LogP contribution in [0.4, 0.5) is 0 Å². The van der Waals surface area contributed by atoms with Gasteiger partial charge in [0.05, 0.1) is 12.0 Å². The summed E-state index contributed by atoms with van der Waals surface area (Å²) in [7, 11) is -1.88. The first-order valence-electron chi connectivity index (χ1n) is 14.1. The number of rotatable bonds is 13. The van der Waals surface area contributed by atoms with E-state index in [-0.39, 0.29) is 29.7 Å². The summed E-state index contributed by atoms with van der Waals surface area (Å²) in [6, 6.07) is 23.5. The van der Waals surface area contributed by atoms with Crippen LogP contribution < -0.4 is 10.1 Å². The molecule has 3 aromatic carbocycles. The van der Waals surface area contributed by atoms with Crippen LogP contribution in [-0.4, -0.2) is 62.2 Å². The zero-order valence-corrected chi connectivity index (χ0v) is 24.6. The lowest BCUT2D eigenvalue weighted by atomic mass is 10.1. The van der Waals surface area contributed by atoms with Crippen molar-refractivity contribution in [3.63, 3.8) is 0 Å². The molecule has 41 heavy (non-hydrogen) atoms. The Kier molecular flexibility index (Phi) is 10.5. The highest BCUT2D eigenvalue weighted by Crippen LogP contribution is 2.22. The molecule has 0 spiro atoms. The molecule has 0 radical (unpaired) electrons. The maximum Gasteiger partial charge on any atom is 0.243 e. The van der Waals surface area contributed by atoms with Crippen LogP contribution in [0.2, 0.25) is 0 Å². The van der Waals surface area contributed by atoms with Crippen molar-refractivity contribution in [2.24, 2.45) is 0 Å². The Labute approximate surface area is 243 Å². The molecule has 0 unspecified atom stereocenters. The van der Waals surface area contributed by atoms with Crippen molar-refractivity contribution in [3.05, 3.63) is 95.6 Å². The highest BCUT2D eigenvalue weighted by atomic mass is 32.2. The van der Waals surface area contributed by atoms with Crippen LogP contribution in [0.15, 0.2) is 83.8 Å². The second-order valence-electron chi connectivity index (χ2n) is 10.3. The Morgan fingerprint density at radius 2 is 1.49 bits per heavy atom. The number of carbonyl (C=O) groups excluding carboxylic acids is 2. The third-order valence-electron chi connectivity index (χ3n) is 7.49. The predicted molar refractivity (Wildman–Crippen MR) is 159 cm³/mol. The molecular weight excluding hydrogens is 538 g/mol. The molecule has 1 fully saturated rings. The van der Waals surface area contributed by atoms with Gasteiger partial charge in [0.1, 0.15) is 11.8 Å². The molecule has 1 aliphatic heterocycles. The molecule has 218 valence electrons. The van der Waals surface area contributed by atoms with E-state index in [0.29, 0.717) is 38.2 Å². The molecule has 0 bridgehead atoms. The molecule has 1 saturated heterocycles. The summed E-state index contributed by atoms with van der Waals surface area (Å²) in [6.45, 7) is 3.62. The van der Waals surface area contributed by atoms with Crippen LogP contribution in [0.5, 0.6) is 5.75 Å². The number of nitrogens with one attached hydrogen (secondary N) is 1. The number of methoxy groups -OCH3 is 1. The van der Waals surface area contributed by atoms with Gasteiger partial charge in [0.2, 0.25) is 21.8 Å². The molecule has 1 atom stereocenters. The van der Waals surface area contributed by atoms with Crippen LogP contribution in [0.25, 0.3) is 0 Å². The zero-order valence-electron chi connectivity index (χ0n) is 23.8. The summed E-state index contributed by atoms with van der Waals surface area (Å²) in [5.41, 5.74) is 2.88. The fourth-order valence-corrected chi connectivity index (χ4v) is 6.45. The minimum Gasteiger partial charge on any atom is -0.497 e. The first-order chi connectivity index (χ1) is 19.8. The van der Waals surface area contributed by atoms with E-state index < -0.39 is 16.1 Å². The summed E-state index contributed by atoms with van der Waals surface area (Å²) in [4.78, 5) is 28.5. The number of amides is 2. The highest BCUT2D eigenvalue weighted by molar-refractivity contribution is 7.89. The third-order valence-corrected chi connectivity index (χ3v) is 9.40. The first-order valence-corrected chi connectivity index (χ1v) is 15.5. The molecule has 2 amide bonds. The van der Waals surface area contributed by atoms with Crippen molar-refractivity contribution in [1.82, 2.24) is 14.5 Å². The van der Waals surface area contributed by atoms with E-state index in [1.54, 1.807) is 43.2 Å². The Bertz CT molecular complexity index is 1390. The molecule has 3 aromatic rings. The number of hydrogen-bond acceptors (Lipinski definition) is 5. The molecule has 0 saturated carbocycles. The van der Waals surface area contributed by atoms with Gasteiger partial charge < -0.3 is 15.0 Å². The van der Waals surface area contributed by atoms with E-state index in [4.69, 9.17) is 4.74 Å². The maximum absolute atomic E-state index is 13.5. The number of carbonyl (C=O) groups is 2. The number of sulfonamides is 1. The number of aryl methyl sites for hydroxylation is 1. The smallest absolute Gasteiger partial charge is 0.243 e. The summed E-state index contributed by atoms with van der Waals surface area (Å²) < 4.78 is 32.4. The normalized spacial score (nSPS) is 14.4. The van der Waals surface area contributed by atoms with Crippen molar-refractivity contribution in [1.29, 1.82) is 0 Å². The second-order valence-corrected chi connectivity index (χ2v) is 12.3. The van der Waals surface area contributed by atoms with Gasteiger partial charge in [-0.2, -0.15) is 4.31 Å². The quantitative estimate of drug-likeness (QED) is 0.329. The minimum absolute atomic E-state index is 0.153. The SMILES string of the molecule is COc1ccc(CN(C(=O)CCc2ccc(S(=O)(=O)N3CCCC3)cc2)[C@@H](C)C(=O)NCCc2ccccc2)cc1. The fraction of sp³-hybridized carbons (Fsp3) is 0.375. The van der Waals surface area contributed by atoms with Crippen molar-refractivity contribution in [2.45, 2.75) is 56.5 Å². The Hall–Kier alpha value is -3.69. The van der Waals surface area contributed by atoms with Crippen LogP contribution in [0.3, 0.4) is 0 Å². The third kappa shape index (κ3) is 8.17. The van der Waals surface area contributed by atoms with Gasteiger partial charge in [0.25, 0.3) is 0 Å². The largest absolute Gasteiger partial charge is 0.497 e. The topological polar surface area (TPSA) is 96.0 Å². The van der Waals surface area contributed by atoms with E-state index in [1.807, 2.05) is 54.6 Å². The Morgan fingerprint density at radius 3 is 2.12 bits per heavy atom. The van der Waals surface area contributed by atoms with Crippen LogP contribution in [0, 0.1) is 0 Å². The average molecular weight is 578 g/mol. The lowest BCUT2D eigenvalue weighted by Gasteiger charge is -2.29. The van der Waals surface area contributed by atoms with Crippen molar-refractivity contribution >= 4 is 21.8 Å². The number of benzene rings is 3. The summed E-state index contributed by atoms with van der Waals surface area (Å²) in [5.74, 6) is 0.355. The lowest BCUT2D eigenvalue weighted by molar-refractivity contribution is -0.140. The molecule has 1 N–H and O–H groups in total. The maximum atomic E-state index is 13.5. The van der Waals surface area contributed by atoms with E-state index in [9.17, 15) is 18.0 Å². The number of nitrogens with zero attached hydrogens (tertiary/aromatic N) is 2. The van der Waals surface area contributed by atoms with Crippen molar-refractivity contribution in [3.8, 4) is 5.75 Å². The Morgan fingerprint density at radius 1 is 0.878 bits per heavy atom. The molecule has 4 rings (SSSR count). The van der Waals surface area contributed by atoms with Gasteiger partial charge in [-0.1, -0.05) is 54.6 Å². The molecule has 1 heterocycles. The lowest BCUT2D eigenvalue weighted by Crippen LogP contribution is -2.48. The minimum atomic E-state index is -3.48.